The normalized spacial score (nSPS) is 10.5. The maximum absolute atomic E-state index is 11.1. The highest BCUT2D eigenvalue weighted by atomic mass is 35.5. The van der Waals surface area contributed by atoms with Crippen LogP contribution in [0.1, 0.15) is 0 Å². The van der Waals surface area contributed by atoms with Gasteiger partial charge in [0.05, 0.1) is 17.1 Å². The van der Waals surface area contributed by atoms with Gasteiger partial charge in [-0.05, 0) is 6.07 Å². The standard InChI is InChI=1S/C7H3ClN2O3/c8-5-1-3-4(2-9-5)10-7(12)13-6(3)11/h1-2H,(H,10,12)/p-1. The van der Waals surface area contributed by atoms with Crippen LogP contribution in [0.3, 0.4) is 0 Å². The summed E-state index contributed by atoms with van der Waals surface area (Å²) in [6, 6.07) is 1.30. The van der Waals surface area contributed by atoms with Crippen LogP contribution in [0.4, 0.5) is 0 Å². The Morgan fingerprint density at radius 2 is 2.31 bits per heavy atom. The van der Waals surface area contributed by atoms with E-state index in [1.54, 1.807) is 0 Å². The third-order valence-electron chi connectivity index (χ3n) is 1.46. The Balaban J connectivity index is 2.95. The van der Waals surface area contributed by atoms with Crippen LogP contribution >= 0.6 is 11.6 Å². The molecule has 0 bridgehead atoms. The third kappa shape index (κ3) is 1.33. The summed E-state index contributed by atoms with van der Waals surface area (Å²) < 4.78 is 4.24. The zero-order valence-electron chi connectivity index (χ0n) is 6.15. The van der Waals surface area contributed by atoms with Crippen molar-refractivity contribution in [1.29, 1.82) is 0 Å². The van der Waals surface area contributed by atoms with E-state index in [1.165, 1.54) is 12.3 Å². The molecule has 0 saturated carbocycles. The molecule has 0 aliphatic heterocycles. The Labute approximate surface area is 76.6 Å². The van der Waals surface area contributed by atoms with Gasteiger partial charge in [-0.25, -0.2) is 9.97 Å². The van der Waals surface area contributed by atoms with Crippen molar-refractivity contribution in [3.63, 3.8) is 0 Å². The van der Waals surface area contributed by atoms with E-state index < -0.39 is 11.7 Å². The highest BCUT2D eigenvalue weighted by Gasteiger charge is 2.00. The average Bonchev–Trinajstić information content (AvgIpc) is 2.06. The highest BCUT2D eigenvalue weighted by molar-refractivity contribution is 6.29. The molecule has 2 heterocycles. The molecule has 66 valence electrons. The molecule has 0 amide bonds. The van der Waals surface area contributed by atoms with Gasteiger partial charge in [0.25, 0.3) is 0 Å². The van der Waals surface area contributed by atoms with Crippen molar-refractivity contribution < 1.29 is 9.52 Å². The number of hydrogen-bond donors (Lipinski definition) is 0. The first-order chi connectivity index (χ1) is 6.16. The van der Waals surface area contributed by atoms with Gasteiger partial charge in [-0.1, -0.05) is 11.6 Å². The summed E-state index contributed by atoms with van der Waals surface area (Å²) in [5.74, 6) is 0. The summed E-state index contributed by atoms with van der Waals surface area (Å²) in [6.45, 7) is 0. The molecule has 0 aliphatic rings. The van der Waals surface area contributed by atoms with Gasteiger partial charge < -0.3 is 9.52 Å². The molecule has 0 aliphatic carbocycles. The van der Waals surface area contributed by atoms with Crippen molar-refractivity contribution in [1.82, 2.24) is 9.97 Å². The van der Waals surface area contributed by atoms with E-state index in [4.69, 9.17) is 11.6 Å². The lowest BCUT2D eigenvalue weighted by Crippen LogP contribution is -2.06. The van der Waals surface area contributed by atoms with E-state index in [9.17, 15) is 9.90 Å². The number of fused-ring (bicyclic) bond motifs is 1. The molecule has 13 heavy (non-hydrogen) atoms. The molecule has 5 nitrogen and oxygen atoms in total. The van der Waals surface area contributed by atoms with E-state index in [2.05, 4.69) is 14.4 Å². The van der Waals surface area contributed by atoms with E-state index in [0.29, 0.717) is 0 Å². The molecule has 2 aromatic rings. The molecule has 0 unspecified atom stereocenters. The first-order valence-electron chi connectivity index (χ1n) is 3.30. The van der Waals surface area contributed by atoms with Gasteiger partial charge >= 0.3 is 0 Å². The Bertz CT molecular complexity index is 523. The fourth-order valence-corrected chi connectivity index (χ4v) is 1.09. The van der Waals surface area contributed by atoms with Crippen LogP contribution in [0, 0.1) is 0 Å². The molecule has 6 heteroatoms. The topological polar surface area (TPSA) is 79.0 Å². The Morgan fingerprint density at radius 3 is 3.08 bits per heavy atom. The SMILES string of the molecule is O=c1oc([O-])nc2cnc(Cl)cc12. The monoisotopic (exact) mass is 197 g/mol. The van der Waals surface area contributed by atoms with Gasteiger partial charge in [0.1, 0.15) is 5.15 Å². The van der Waals surface area contributed by atoms with Gasteiger partial charge in [-0.15, -0.1) is 0 Å². The lowest BCUT2D eigenvalue weighted by molar-refractivity contribution is -0.303. The van der Waals surface area contributed by atoms with E-state index in [0.717, 1.165) is 0 Å². The molecule has 2 aromatic heterocycles. The first kappa shape index (κ1) is 8.00. The Hall–Kier alpha value is -1.62. The van der Waals surface area contributed by atoms with Crippen molar-refractivity contribution in [2.75, 3.05) is 0 Å². The van der Waals surface area contributed by atoms with E-state index in [-0.39, 0.29) is 16.1 Å². The number of nitrogens with zero attached hydrogens (tertiary/aromatic N) is 2. The average molecular weight is 198 g/mol. The van der Waals surface area contributed by atoms with Gasteiger partial charge in [-0.2, -0.15) is 0 Å². The fraction of sp³-hybridized carbons (Fsp3) is 0. The molecule has 0 N–H and O–H groups in total. The molecular formula is C7H2ClN2O3-. The predicted molar refractivity (Wildman–Crippen MR) is 42.5 cm³/mol. The summed E-state index contributed by atoms with van der Waals surface area (Å²) >= 11 is 5.53. The quantitative estimate of drug-likeness (QED) is 0.568. The molecule has 2 rings (SSSR count). The molecular weight excluding hydrogens is 196 g/mol. The predicted octanol–water partition coefficient (Wildman–Crippen LogP) is 0.310. The molecule has 0 atom stereocenters. The van der Waals surface area contributed by atoms with Crippen molar-refractivity contribution in [2.45, 2.75) is 0 Å². The smallest absolute Gasteiger partial charge is 0.236 e. The van der Waals surface area contributed by atoms with Crippen LogP contribution in [0.15, 0.2) is 21.5 Å². The summed E-state index contributed by atoms with van der Waals surface area (Å²) in [6.07, 6.45) is 0.317. The van der Waals surface area contributed by atoms with Crippen LogP contribution < -0.4 is 10.7 Å². The first-order valence-corrected chi connectivity index (χ1v) is 3.68. The van der Waals surface area contributed by atoms with Gasteiger partial charge in [0, 0.05) is 0 Å². The molecule has 0 aromatic carbocycles. The van der Waals surface area contributed by atoms with E-state index >= 15 is 0 Å². The summed E-state index contributed by atoms with van der Waals surface area (Å²) in [5.41, 5.74) is -0.565. The number of hydrogen-bond acceptors (Lipinski definition) is 5. The van der Waals surface area contributed by atoms with Crippen LogP contribution in [0.5, 0.6) is 6.08 Å². The van der Waals surface area contributed by atoms with Crippen LogP contribution in [0.2, 0.25) is 5.15 Å². The van der Waals surface area contributed by atoms with E-state index in [1.807, 2.05) is 0 Å². The van der Waals surface area contributed by atoms with Crippen molar-refractivity contribution in [3.8, 4) is 6.08 Å². The number of aromatic nitrogens is 2. The van der Waals surface area contributed by atoms with Crippen molar-refractivity contribution in [2.24, 2.45) is 0 Å². The number of rotatable bonds is 0. The zero-order valence-corrected chi connectivity index (χ0v) is 6.91. The largest absolute Gasteiger partial charge is 0.535 e. The number of pyridine rings is 1. The number of halogens is 1. The lowest BCUT2D eigenvalue weighted by Gasteiger charge is -2.01. The van der Waals surface area contributed by atoms with Gasteiger partial charge in [-0.3, -0.25) is 4.79 Å². The lowest BCUT2D eigenvalue weighted by atomic mass is 10.3. The third-order valence-corrected chi connectivity index (χ3v) is 1.67. The van der Waals surface area contributed by atoms with Gasteiger partial charge in [0.15, 0.2) is 6.08 Å². The minimum atomic E-state index is -0.929. The molecule has 0 spiro atoms. The second kappa shape index (κ2) is 2.70. The highest BCUT2D eigenvalue weighted by Crippen LogP contribution is 2.12. The van der Waals surface area contributed by atoms with Crippen LogP contribution in [-0.4, -0.2) is 9.97 Å². The summed E-state index contributed by atoms with van der Waals surface area (Å²) in [7, 11) is 0. The maximum atomic E-state index is 11.1. The van der Waals surface area contributed by atoms with Crippen molar-refractivity contribution in [3.05, 3.63) is 27.8 Å². The van der Waals surface area contributed by atoms with Gasteiger partial charge in [0.2, 0.25) is 5.63 Å². The molecule has 0 radical (unpaired) electrons. The maximum Gasteiger partial charge on any atom is 0.236 e. The fourth-order valence-electron chi connectivity index (χ4n) is 0.931. The minimum Gasteiger partial charge on any atom is -0.535 e. The Morgan fingerprint density at radius 1 is 1.54 bits per heavy atom. The molecule has 0 fully saturated rings. The Kier molecular flexibility index (Phi) is 1.66. The van der Waals surface area contributed by atoms with Crippen LogP contribution in [0.25, 0.3) is 10.9 Å². The van der Waals surface area contributed by atoms with Crippen LogP contribution in [-0.2, 0) is 0 Å². The second-order valence-corrected chi connectivity index (χ2v) is 2.68. The summed E-state index contributed by atoms with van der Waals surface area (Å²) in [4.78, 5) is 18.2. The van der Waals surface area contributed by atoms with Crippen molar-refractivity contribution >= 4 is 22.5 Å². The molecule has 0 saturated heterocycles. The minimum absolute atomic E-state index is 0.152. The second-order valence-electron chi connectivity index (χ2n) is 2.29. The zero-order chi connectivity index (χ0) is 9.42. The summed E-state index contributed by atoms with van der Waals surface area (Å²) in [5, 5.41) is 11.0.